The second kappa shape index (κ2) is 86.2. The van der Waals surface area contributed by atoms with E-state index in [-0.39, 0.29) is 69.2 Å². The third-order valence-corrected chi connectivity index (χ3v) is 0. The van der Waals surface area contributed by atoms with Crippen LogP contribution in [0.15, 0.2) is 0 Å². The van der Waals surface area contributed by atoms with Gasteiger partial charge in [0.05, 0.1) is 0 Å². The van der Waals surface area contributed by atoms with Crippen LogP contribution in [-0.2, 0) is 0 Å². The Morgan fingerprint density at radius 3 is 0.500 bits per heavy atom. The van der Waals surface area contributed by atoms with Gasteiger partial charge >= 0.3 is 37.7 Å². The van der Waals surface area contributed by atoms with Gasteiger partial charge in [-0.05, 0) is 0 Å². The molecule has 0 atom stereocenters. The zero-order valence-corrected chi connectivity index (χ0v) is 1.22. The Morgan fingerprint density at radius 1 is 0.500 bits per heavy atom. The van der Waals surface area contributed by atoms with E-state index in [4.69, 9.17) is 0 Å². The van der Waals surface area contributed by atoms with Crippen molar-refractivity contribution in [2.45, 2.75) is 0 Å². The first kappa shape index (κ1) is 139. The van der Waals surface area contributed by atoms with Gasteiger partial charge in [-0.25, -0.2) is 0 Å². The van der Waals surface area contributed by atoms with E-state index < -0.39 is 0 Å². The van der Waals surface area contributed by atoms with Gasteiger partial charge in [0.25, 0.3) is 0 Å². The minimum absolute atomic E-state index is 0. The third kappa shape index (κ3) is 48.9. The van der Waals surface area contributed by atoms with E-state index in [9.17, 15) is 0 Å². The molecule has 6 heteroatoms. The average molecular weight is 106 g/mol. The predicted octanol–water partition coefficient (Wildman–Crippen LogP) is -2.02. The maximum absolute atomic E-state index is 0. The molecule has 0 saturated carbocycles. The number of rotatable bonds is 0. The van der Waals surface area contributed by atoms with Crippen molar-refractivity contribution in [1.82, 2.24) is 0 Å². The molecule has 0 aromatic rings. The fourth-order valence-electron chi connectivity index (χ4n) is 0. The maximum atomic E-state index is 0. The molecule has 6 heavy (non-hydrogen) atoms. The summed E-state index contributed by atoms with van der Waals surface area (Å²) in [6, 6.07) is 0. The quantitative estimate of drug-likeness (QED) is 0.312. The van der Waals surface area contributed by atoms with Crippen molar-refractivity contribution in [3.05, 3.63) is 0 Å². The van der Waals surface area contributed by atoms with Crippen molar-refractivity contribution in [3.63, 3.8) is 0 Å². The monoisotopic (exact) mass is 106 g/mol. The zero-order chi connectivity index (χ0) is 0. The summed E-state index contributed by atoms with van der Waals surface area (Å²) >= 11 is 0. The Hall–Kier alpha value is 1.52. The van der Waals surface area contributed by atoms with Crippen molar-refractivity contribution in [2.75, 3.05) is 0 Å². The van der Waals surface area contributed by atoms with Crippen LogP contribution in [0.3, 0.4) is 0 Å². The molecule has 0 N–H and O–H groups in total. The van der Waals surface area contributed by atoms with Crippen molar-refractivity contribution in [3.8, 4) is 0 Å². The molecule has 34 valence electrons. The Morgan fingerprint density at radius 2 is 0.500 bits per heavy atom. The fourth-order valence-corrected chi connectivity index (χ4v) is 0. The molecule has 0 saturated heterocycles. The molecule has 0 aromatic heterocycles. The van der Waals surface area contributed by atoms with Gasteiger partial charge in [0.1, 0.15) is 0 Å². The van der Waals surface area contributed by atoms with Gasteiger partial charge in [-0.2, -0.15) is 0 Å². The van der Waals surface area contributed by atoms with E-state index in [1.807, 2.05) is 0 Å². The number of hydrogen-bond donors (Lipinski definition) is 0. The normalized spacial score (nSPS) is 0. The third-order valence-electron chi connectivity index (χ3n) is 0. The fraction of sp³-hybridized carbons (Fsp3) is 0. The summed E-state index contributed by atoms with van der Waals surface area (Å²) in [7, 11) is 0. The number of halogens is 3. The van der Waals surface area contributed by atoms with Crippen molar-refractivity contribution < 1.29 is 14.1 Å². The second-order valence-corrected chi connectivity index (χ2v) is 0. The molecule has 0 heterocycles. The van der Waals surface area contributed by atoms with Crippen LogP contribution in [0.2, 0.25) is 0 Å². The molecule has 0 amide bonds. The van der Waals surface area contributed by atoms with E-state index in [2.05, 4.69) is 0 Å². The molecule has 0 fully saturated rings. The molecule has 0 radical (unpaired) electrons. The van der Waals surface area contributed by atoms with Crippen LogP contribution >= 0.6 is 0 Å². The molecule has 0 unspecified atom stereocenters. The van der Waals surface area contributed by atoms with Crippen LogP contribution in [0.5, 0.6) is 0 Å². The summed E-state index contributed by atoms with van der Waals surface area (Å²) in [5.41, 5.74) is 0. The van der Waals surface area contributed by atoms with E-state index in [0.29, 0.717) is 0 Å². The van der Waals surface area contributed by atoms with E-state index in [0.717, 1.165) is 0 Å². The molecular formula is H8AlF3Li2. The molecule has 0 aliphatic heterocycles. The van der Waals surface area contributed by atoms with Gasteiger partial charge in [-0.15, -0.1) is 0 Å². The first-order valence-corrected chi connectivity index (χ1v) is 0. The Kier molecular flexibility index (Phi) is 1990. The van der Waals surface area contributed by atoms with Gasteiger partial charge in [0.15, 0.2) is 17.4 Å². The SMILES string of the molecule is F.F.F.[AlH3].[LiH].[LiH]. The minimum atomic E-state index is 0. The summed E-state index contributed by atoms with van der Waals surface area (Å²) in [5.74, 6) is 0. The molecule has 0 aliphatic carbocycles. The Labute approximate surface area is 69.0 Å². The van der Waals surface area contributed by atoms with Gasteiger partial charge in [0, 0.05) is 0 Å². The summed E-state index contributed by atoms with van der Waals surface area (Å²) in [5, 5.41) is 0. The van der Waals surface area contributed by atoms with Crippen LogP contribution in [0.4, 0.5) is 14.1 Å². The molecule has 0 spiro atoms. The summed E-state index contributed by atoms with van der Waals surface area (Å²) in [6.45, 7) is 0. The molecule has 0 rings (SSSR count). The molecule has 0 aliphatic rings. The summed E-state index contributed by atoms with van der Waals surface area (Å²) < 4.78 is 0. The molecular weight excluding hydrogens is 97.9 g/mol. The first-order chi connectivity index (χ1) is 0. The van der Waals surface area contributed by atoms with Crippen LogP contribution in [0, 0.1) is 0 Å². The first-order valence-electron chi connectivity index (χ1n) is 0. The van der Waals surface area contributed by atoms with Gasteiger partial charge in [0.2, 0.25) is 0 Å². The standard InChI is InChI=1S/Al.3FH.2Li.5H/h;3*1H;;;;;;;. The summed E-state index contributed by atoms with van der Waals surface area (Å²) in [6.07, 6.45) is 0. The number of hydrogen-bond acceptors (Lipinski definition) is 0. The van der Waals surface area contributed by atoms with Crippen LogP contribution < -0.4 is 0 Å². The molecule has 0 bridgehead atoms. The van der Waals surface area contributed by atoms with E-state index in [1.165, 1.54) is 0 Å². The van der Waals surface area contributed by atoms with E-state index in [1.54, 1.807) is 0 Å². The average Bonchev–Trinajstić information content (AvgIpc) is 0. The predicted molar refractivity (Wildman–Crippen MR) is 31.7 cm³/mol. The van der Waals surface area contributed by atoms with Crippen LogP contribution in [0.1, 0.15) is 0 Å². The van der Waals surface area contributed by atoms with Gasteiger partial charge in [-0.3, -0.25) is 14.1 Å². The zero-order valence-electron chi connectivity index (χ0n) is 1.22. The molecule has 0 aromatic carbocycles. The van der Waals surface area contributed by atoms with Gasteiger partial charge < -0.3 is 0 Å². The molecule has 0 nitrogen and oxygen atoms in total. The van der Waals surface area contributed by atoms with Crippen molar-refractivity contribution >= 4 is 55.1 Å². The van der Waals surface area contributed by atoms with Crippen LogP contribution in [0.25, 0.3) is 0 Å². The van der Waals surface area contributed by atoms with Crippen LogP contribution in [-0.4, -0.2) is 55.1 Å². The van der Waals surface area contributed by atoms with Crippen molar-refractivity contribution in [1.29, 1.82) is 0 Å². The Balaban J connectivity index is 0. The summed E-state index contributed by atoms with van der Waals surface area (Å²) in [4.78, 5) is 0. The topological polar surface area (TPSA) is 0 Å². The van der Waals surface area contributed by atoms with Crippen molar-refractivity contribution in [2.24, 2.45) is 0 Å². The second-order valence-electron chi connectivity index (χ2n) is 0. The Bertz CT molecular complexity index is 8.75. The van der Waals surface area contributed by atoms with E-state index >= 15 is 0 Å². The van der Waals surface area contributed by atoms with Gasteiger partial charge in [-0.1, -0.05) is 0 Å².